The first-order valence-corrected chi connectivity index (χ1v) is 13.9. The number of carbonyl (C=O) groups is 1. The van der Waals surface area contributed by atoms with E-state index in [-0.39, 0.29) is 30.4 Å². The summed E-state index contributed by atoms with van der Waals surface area (Å²) in [6.07, 6.45) is 9.97. The van der Waals surface area contributed by atoms with Crippen molar-refractivity contribution in [2.45, 2.75) is 104 Å². The molecule has 4 heterocycles. The van der Waals surface area contributed by atoms with Crippen LogP contribution in [0, 0.1) is 31.6 Å². The molecule has 1 aliphatic carbocycles. The number of rotatable bonds is 6. The zero-order valence-corrected chi connectivity index (χ0v) is 22.7. The molecule has 0 aromatic carbocycles. The molecule has 2 aromatic heterocycles. The van der Waals surface area contributed by atoms with Crippen LogP contribution in [0.4, 0.5) is 4.79 Å². The summed E-state index contributed by atoms with van der Waals surface area (Å²) >= 11 is 0. The minimum Gasteiger partial charge on any atom is -0.474 e. The normalized spacial score (nSPS) is 29.3. The highest BCUT2D eigenvalue weighted by atomic mass is 16.6. The monoisotopic (exact) mass is 508 g/mol. The maximum atomic E-state index is 13.4. The number of aromatic nitrogens is 3. The van der Waals surface area contributed by atoms with Crippen LogP contribution in [0.15, 0.2) is 24.7 Å². The van der Waals surface area contributed by atoms with Crippen molar-refractivity contribution in [1.82, 2.24) is 19.9 Å². The lowest BCUT2D eigenvalue weighted by atomic mass is 9.75. The van der Waals surface area contributed by atoms with E-state index >= 15 is 0 Å². The van der Waals surface area contributed by atoms with Gasteiger partial charge in [-0.05, 0) is 69.4 Å². The van der Waals surface area contributed by atoms with E-state index in [9.17, 15) is 4.79 Å². The van der Waals surface area contributed by atoms with E-state index in [0.717, 1.165) is 49.8 Å². The molecule has 1 saturated carbocycles. The first-order chi connectivity index (χ1) is 17.8. The lowest BCUT2D eigenvalue weighted by Crippen LogP contribution is -2.51. The summed E-state index contributed by atoms with van der Waals surface area (Å²) in [5, 5.41) is 0. The Morgan fingerprint density at radius 2 is 1.73 bits per heavy atom. The zero-order valence-electron chi connectivity index (χ0n) is 22.7. The van der Waals surface area contributed by atoms with Gasteiger partial charge in [0.05, 0.1) is 11.3 Å². The topological polar surface area (TPSA) is 86.7 Å². The van der Waals surface area contributed by atoms with Crippen LogP contribution >= 0.6 is 0 Å². The number of nitrogens with zero attached hydrogens (tertiary/aromatic N) is 4. The van der Waals surface area contributed by atoms with E-state index in [2.05, 4.69) is 35.7 Å². The summed E-state index contributed by atoms with van der Waals surface area (Å²) in [5.41, 5.74) is 1.55. The number of hydrogen-bond donors (Lipinski definition) is 0. The summed E-state index contributed by atoms with van der Waals surface area (Å²) in [7, 11) is 0. The van der Waals surface area contributed by atoms with Crippen molar-refractivity contribution in [1.29, 1.82) is 0 Å². The number of aryl methyl sites for hydroxylation is 1. The maximum absolute atomic E-state index is 13.4. The SMILES string of the molecule is Cc1ncccc1Oc1ncnc(OC2CC3CCC(C2)N3C(=O)O[C@H]2C[C@@H](C)CC[C@@H]2C(C)C)c1C. The number of piperidine rings is 1. The van der Waals surface area contributed by atoms with Gasteiger partial charge in [0.25, 0.3) is 0 Å². The molecule has 2 unspecified atom stereocenters. The molecular weight excluding hydrogens is 468 g/mol. The summed E-state index contributed by atoms with van der Waals surface area (Å²) in [6, 6.07) is 3.99. The Kier molecular flexibility index (Phi) is 7.54. The first-order valence-electron chi connectivity index (χ1n) is 13.9. The van der Waals surface area contributed by atoms with Crippen LogP contribution in [0.1, 0.15) is 77.0 Å². The maximum Gasteiger partial charge on any atom is 0.410 e. The van der Waals surface area contributed by atoms with Gasteiger partial charge in [0, 0.05) is 31.1 Å². The Morgan fingerprint density at radius 3 is 2.43 bits per heavy atom. The Labute approximate surface area is 220 Å². The molecule has 0 spiro atoms. The summed E-state index contributed by atoms with van der Waals surface area (Å²) in [6.45, 7) is 10.6. The quantitative estimate of drug-likeness (QED) is 0.456. The predicted molar refractivity (Wildman–Crippen MR) is 140 cm³/mol. The molecule has 2 saturated heterocycles. The Morgan fingerprint density at radius 1 is 1.00 bits per heavy atom. The van der Waals surface area contributed by atoms with Crippen LogP contribution in [0.2, 0.25) is 0 Å². The number of carbonyl (C=O) groups excluding carboxylic acids is 1. The van der Waals surface area contributed by atoms with E-state index in [1.54, 1.807) is 6.20 Å². The van der Waals surface area contributed by atoms with E-state index in [4.69, 9.17) is 14.2 Å². The third-order valence-corrected chi connectivity index (χ3v) is 8.55. The average Bonchev–Trinajstić information content (AvgIpc) is 3.13. The molecule has 5 atom stereocenters. The second kappa shape index (κ2) is 10.8. The molecule has 37 heavy (non-hydrogen) atoms. The van der Waals surface area contributed by atoms with E-state index in [1.165, 1.54) is 12.7 Å². The molecule has 200 valence electrons. The van der Waals surface area contributed by atoms with E-state index in [1.807, 2.05) is 30.9 Å². The number of pyridine rings is 1. The lowest BCUT2D eigenvalue weighted by molar-refractivity contribution is -0.0287. The van der Waals surface area contributed by atoms with Gasteiger partial charge in [-0.25, -0.2) is 14.8 Å². The van der Waals surface area contributed by atoms with Crippen LogP contribution in [-0.4, -0.2) is 50.2 Å². The Hall–Kier alpha value is -2.90. The molecule has 8 heteroatoms. The van der Waals surface area contributed by atoms with Gasteiger partial charge in [0.1, 0.15) is 18.5 Å². The molecule has 2 aliphatic heterocycles. The summed E-state index contributed by atoms with van der Waals surface area (Å²) < 4.78 is 18.6. The minimum atomic E-state index is -0.128. The van der Waals surface area contributed by atoms with Gasteiger partial charge in [0.2, 0.25) is 11.8 Å². The number of hydrogen-bond acceptors (Lipinski definition) is 7. The van der Waals surface area contributed by atoms with Crippen LogP contribution in [0.25, 0.3) is 0 Å². The van der Waals surface area contributed by atoms with Crippen molar-refractivity contribution in [3.8, 4) is 17.5 Å². The largest absolute Gasteiger partial charge is 0.474 e. The van der Waals surface area contributed by atoms with Crippen molar-refractivity contribution in [3.05, 3.63) is 35.9 Å². The fraction of sp³-hybridized carbons (Fsp3) is 0.655. The third kappa shape index (κ3) is 5.53. The predicted octanol–water partition coefficient (Wildman–Crippen LogP) is 6.25. The molecule has 1 amide bonds. The molecule has 3 fully saturated rings. The van der Waals surface area contributed by atoms with Crippen LogP contribution in [-0.2, 0) is 4.74 Å². The van der Waals surface area contributed by atoms with Crippen molar-refractivity contribution >= 4 is 6.09 Å². The molecule has 3 aliphatic rings. The molecule has 2 bridgehead atoms. The fourth-order valence-electron chi connectivity index (χ4n) is 6.44. The van der Waals surface area contributed by atoms with Crippen molar-refractivity contribution in [2.75, 3.05) is 0 Å². The van der Waals surface area contributed by atoms with Gasteiger partial charge in [-0.15, -0.1) is 0 Å². The average molecular weight is 509 g/mol. The van der Waals surface area contributed by atoms with Gasteiger partial charge in [-0.2, -0.15) is 0 Å². The van der Waals surface area contributed by atoms with Gasteiger partial charge >= 0.3 is 6.09 Å². The van der Waals surface area contributed by atoms with Crippen molar-refractivity contribution in [3.63, 3.8) is 0 Å². The third-order valence-electron chi connectivity index (χ3n) is 8.55. The second-order valence-corrected chi connectivity index (χ2v) is 11.5. The van der Waals surface area contributed by atoms with Crippen molar-refractivity contribution in [2.24, 2.45) is 17.8 Å². The van der Waals surface area contributed by atoms with Gasteiger partial charge < -0.3 is 19.1 Å². The van der Waals surface area contributed by atoms with Crippen LogP contribution in [0.5, 0.6) is 17.5 Å². The summed E-state index contributed by atoms with van der Waals surface area (Å²) in [5.74, 6) is 3.23. The fourth-order valence-corrected chi connectivity index (χ4v) is 6.44. The van der Waals surface area contributed by atoms with E-state index < -0.39 is 0 Å². The highest BCUT2D eigenvalue weighted by Gasteiger charge is 2.46. The molecule has 2 aromatic rings. The first kappa shape index (κ1) is 25.7. The number of fused-ring (bicyclic) bond motifs is 2. The van der Waals surface area contributed by atoms with Gasteiger partial charge in [0.15, 0.2) is 5.75 Å². The standard InChI is InChI=1S/C29H40N4O4/c1-17(2)24-11-8-18(3)13-26(24)37-29(34)33-21-9-10-22(33)15-23(14-21)35-27-19(4)28(32-16-31-27)36-25-7-6-12-30-20(25)5/h6-7,12,16-18,21-24,26H,8-11,13-15H2,1-5H3/t18-,21?,22?,23?,24+,26-/m0/s1. The molecule has 8 nitrogen and oxygen atoms in total. The number of ether oxygens (including phenoxy) is 3. The van der Waals surface area contributed by atoms with Gasteiger partial charge in [-0.3, -0.25) is 4.98 Å². The Bertz CT molecular complexity index is 1100. The summed E-state index contributed by atoms with van der Waals surface area (Å²) in [4.78, 5) is 28.4. The highest BCUT2D eigenvalue weighted by molar-refractivity contribution is 5.69. The molecule has 0 N–H and O–H groups in total. The minimum absolute atomic E-state index is 0.0127. The number of amides is 1. The molecular formula is C29H40N4O4. The van der Waals surface area contributed by atoms with Crippen molar-refractivity contribution < 1.29 is 19.0 Å². The van der Waals surface area contributed by atoms with Crippen LogP contribution < -0.4 is 9.47 Å². The lowest BCUT2D eigenvalue weighted by Gasteiger charge is -2.41. The van der Waals surface area contributed by atoms with Crippen LogP contribution in [0.3, 0.4) is 0 Å². The zero-order chi connectivity index (χ0) is 26.1. The smallest absolute Gasteiger partial charge is 0.410 e. The van der Waals surface area contributed by atoms with E-state index in [0.29, 0.717) is 35.3 Å². The Balaban J connectivity index is 1.23. The van der Waals surface area contributed by atoms with Gasteiger partial charge in [-0.1, -0.05) is 27.2 Å². The molecule has 5 rings (SSSR count). The molecule has 0 radical (unpaired) electrons. The highest BCUT2D eigenvalue weighted by Crippen LogP contribution is 2.41. The second-order valence-electron chi connectivity index (χ2n) is 11.5.